The average Bonchev–Trinajstić information content (AvgIpc) is 2.77. The second-order valence-electron chi connectivity index (χ2n) is 11.1. The molecule has 1 amide bonds. The van der Waals surface area contributed by atoms with Gasteiger partial charge in [-0.3, -0.25) is 11.5 Å². The van der Waals surface area contributed by atoms with Gasteiger partial charge in [0.2, 0.25) is 5.91 Å². The molecule has 0 spiro atoms. The molecule has 34 heavy (non-hydrogen) atoms. The largest absolute Gasteiger partial charge is 0.356 e. The third kappa shape index (κ3) is 21.0. The zero-order chi connectivity index (χ0) is 25.5. The van der Waals surface area contributed by atoms with Crippen molar-refractivity contribution in [1.82, 2.24) is 5.32 Å². The SMILES string of the molecule is [CH2-]P(=O)(OCCCCCCNC(=O)CCCCCCCCCCCCCCCCC)C(C)(C)C. The molecule has 0 saturated carbocycles. The predicted molar refractivity (Wildman–Crippen MR) is 150 cm³/mol. The maximum atomic E-state index is 12.3. The summed E-state index contributed by atoms with van der Waals surface area (Å²) in [6.45, 7) is 13.0. The molecule has 0 bridgehead atoms. The number of rotatable bonds is 24. The number of hydrogen-bond donors (Lipinski definition) is 1. The third-order valence-corrected chi connectivity index (χ3v) is 9.37. The van der Waals surface area contributed by atoms with Crippen molar-refractivity contribution in [3.05, 3.63) is 6.66 Å². The van der Waals surface area contributed by atoms with Gasteiger partial charge in [0, 0.05) is 18.1 Å². The Labute approximate surface area is 213 Å². The number of carbonyl (C=O) groups is 1. The van der Waals surface area contributed by atoms with Crippen molar-refractivity contribution < 1.29 is 13.9 Å². The van der Waals surface area contributed by atoms with E-state index >= 15 is 0 Å². The molecule has 204 valence electrons. The molecule has 1 N–H and O–H groups in total. The van der Waals surface area contributed by atoms with Gasteiger partial charge in [-0.2, -0.15) is 0 Å². The number of hydrogen-bond acceptors (Lipinski definition) is 3. The van der Waals surface area contributed by atoms with Gasteiger partial charge in [0.1, 0.15) is 0 Å². The fourth-order valence-corrected chi connectivity index (χ4v) is 4.77. The fourth-order valence-electron chi connectivity index (χ4n) is 3.96. The van der Waals surface area contributed by atoms with Gasteiger partial charge in [-0.15, -0.1) is 0 Å². The van der Waals surface area contributed by atoms with Gasteiger partial charge in [0.25, 0.3) is 0 Å². The van der Waals surface area contributed by atoms with E-state index in [0.717, 1.165) is 38.6 Å². The molecule has 5 heteroatoms. The molecule has 0 aliphatic heterocycles. The van der Waals surface area contributed by atoms with Crippen LogP contribution in [0.1, 0.15) is 156 Å². The van der Waals surface area contributed by atoms with E-state index in [1.165, 1.54) is 89.9 Å². The lowest BCUT2D eigenvalue weighted by atomic mass is 10.0. The summed E-state index contributed by atoms with van der Waals surface area (Å²) in [5, 5.41) is 2.64. The standard InChI is InChI=1S/C29H59NO3P/c1-6-7-8-9-10-11-12-13-14-15-16-17-18-19-22-25-28(31)30-26-23-20-21-24-27-33-34(5,32)29(2,3)4/h5-27H2,1-4H3,(H,30,31)/q-1. The highest BCUT2D eigenvalue weighted by Crippen LogP contribution is 2.57. The second-order valence-corrected chi connectivity index (χ2v) is 14.1. The van der Waals surface area contributed by atoms with Gasteiger partial charge in [-0.1, -0.05) is 130 Å². The molecule has 0 aliphatic carbocycles. The molecule has 0 saturated heterocycles. The van der Waals surface area contributed by atoms with E-state index in [2.05, 4.69) is 18.9 Å². The van der Waals surface area contributed by atoms with Crippen LogP contribution in [-0.4, -0.2) is 24.2 Å². The number of amides is 1. The van der Waals surface area contributed by atoms with Gasteiger partial charge in [-0.25, -0.2) is 0 Å². The van der Waals surface area contributed by atoms with Crippen molar-refractivity contribution in [1.29, 1.82) is 0 Å². The van der Waals surface area contributed by atoms with Crippen LogP contribution in [0.5, 0.6) is 0 Å². The summed E-state index contributed by atoms with van der Waals surface area (Å²) >= 11 is 0. The van der Waals surface area contributed by atoms with Crippen LogP contribution < -0.4 is 5.32 Å². The third-order valence-electron chi connectivity index (χ3n) is 6.72. The maximum Gasteiger partial charge on any atom is 0.219 e. The smallest absolute Gasteiger partial charge is 0.219 e. The van der Waals surface area contributed by atoms with E-state index in [4.69, 9.17) is 4.52 Å². The first-order chi connectivity index (χ1) is 16.2. The molecule has 0 fully saturated rings. The summed E-state index contributed by atoms with van der Waals surface area (Å²) in [6.07, 6.45) is 24.9. The summed E-state index contributed by atoms with van der Waals surface area (Å²) < 4.78 is 17.8. The number of unbranched alkanes of at least 4 members (excludes halogenated alkanes) is 17. The van der Waals surface area contributed by atoms with Gasteiger partial charge in [0.15, 0.2) is 0 Å². The summed E-state index contributed by atoms with van der Waals surface area (Å²) in [4.78, 5) is 11.9. The molecule has 0 radical (unpaired) electrons. The topological polar surface area (TPSA) is 55.4 Å². The highest BCUT2D eigenvalue weighted by molar-refractivity contribution is 7.61. The lowest BCUT2D eigenvalue weighted by molar-refractivity contribution is -0.121. The molecule has 0 heterocycles. The molecule has 0 rings (SSSR count). The first kappa shape index (κ1) is 33.7. The summed E-state index contributed by atoms with van der Waals surface area (Å²) in [7, 11) is -2.79. The fraction of sp³-hybridized carbons (Fsp3) is 0.931. The van der Waals surface area contributed by atoms with Gasteiger partial charge in [-0.05, 0) is 19.3 Å². The minimum atomic E-state index is -2.79. The normalized spacial score (nSPS) is 13.7. The second kappa shape index (κ2) is 21.9. The molecule has 1 atom stereocenters. The van der Waals surface area contributed by atoms with E-state index in [0.29, 0.717) is 13.0 Å². The van der Waals surface area contributed by atoms with Gasteiger partial charge in [0.05, 0.1) is 14.0 Å². The molecule has 1 unspecified atom stereocenters. The van der Waals surface area contributed by atoms with Crippen LogP contribution in [0.25, 0.3) is 0 Å². The average molecular weight is 501 g/mol. The molecular formula is C29H59NO3P-. The van der Waals surface area contributed by atoms with Crippen LogP contribution in [0.15, 0.2) is 0 Å². The molecule has 0 aromatic heterocycles. The quantitative estimate of drug-likeness (QED) is 0.0815. The Morgan fingerprint density at radius 3 is 1.59 bits per heavy atom. The lowest BCUT2D eigenvalue weighted by Gasteiger charge is -2.33. The monoisotopic (exact) mass is 500 g/mol. The number of nitrogens with one attached hydrogen (secondary N) is 1. The van der Waals surface area contributed by atoms with Crippen LogP contribution in [0.2, 0.25) is 0 Å². The molecule has 4 nitrogen and oxygen atoms in total. The van der Waals surface area contributed by atoms with E-state index in [1.54, 1.807) is 0 Å². The van der Waals surface area contributed by atoms with Crippen molar-refractivity contribution in [2.45, 2.75) is 161 Å². The maximum absolute atomic E-state index is 12.3. The van der Waals surface area contributed by atoms with Crippen LogP contribution >= 0.6 is 7.37 Å². The Kier molecular flexibility index (Phi) is 21.7. The Morgan fingerprint density at radius 1 is 0.706 bits per heavy atom. The number of carbonyl (C=O) groups excluding carboxylic acids is 1. The summed E-state index contributed by atoms with van der Waals surface area (Å²) in [6, 6.07) is 0. The highest BCUT2D eigenvalue weighted by atomic mass is 31.2. The summed E-state index contributed by atoms with van der Waals surface area (Å²) in [5.74, 6) is 0.196. The van der Waals surface area contributed by atoms with Crippen LogP contribution in [-0.2, 0) is 13.9 Å². The minimum Gasteiger partial charge on any atom is -0.356 e. The highest BCUT2D eigenvalue weighted by Gasteiger charge is 2.25. The van der Waals surface area contributed by atoms with Gasteiger partial charge < -0.3 is 14.4 Å². The summed E-state index contributed by atoms with van der Waals surface area (Å²) in [5.41, 5.74) is 0. The van der Waals surface area contributed by atoms with Crippen LogP contribution in [0, 0.1) is 6.66 Å². The van der Waals surface area contributed by atoms with E-state index in [9.17, 15) is 9.36 Å². The minimum absolute atomic E-state index is 0.196. The Hall–Kier alpha value is -0.340. The Morgan fingerprint density at radius 2 is 1.12 bits per heavy atom. The van der Waals surface area contributed by atoms with Crippen molar-refractivity contribution in [3.63, 3.8) is 0 Å². The molecule has 0 aliphatic rings. The lowest BCUT2D eigenvalue weighted by Crippen LogP contribution is -2.23. The zero-order valence-corrected chi connectivity index (χ0v) is 24.3. The van der Waals surface area contributed by atoms with Crippen LogP contribution in [0.4, 0.5) is 0 Å². The first-order valence-corrected chi connectivity index (χ1v) is 16.4. The van der Waals surface area contributed by atoms with E-state index < -0.39 is 12.5 Å². The zero-order valence-electron chi connectivity index (χ0n) is 23.4. The molecule has 0 aromatic carbocycles. The van der Waals surface area contributed by atoms with Crippen molar-refractivity contribution in [2.24, 2.45) is 0 Å². The molecule has 0 aromatic rings. The van der Waals surface area contributed by atoms with Gasteiger partial charge >= 0.3 is 0 Å². The first-order valence-electron chi connectivity index (χ1n) is 14.6. The van der Waals surface area contributed by atoms with Crippen molar-refractivity contribution in [2.75, 3.05) is 13.2 Å². The predicted octanol–water partition coefficient (Wildman–Crippen LogP) is 9.81. The van der Waals surface area contributed by atoms with Crippen LogP contribution in [0.3, 0.4) is 0 Å². The molecular weight excluding hydrogens is 441 g/mol. The van der Waals surface area contributed by atoms with E-state index in [1.807, 2.05) is 20.8 Å². The Bertz CT molecular complexity index is 516. The Balaban J connectivity index is 3.31. The van der Waals surface area contributed by atoms with Crippen molar-refractivity contribution >= 4 is 13.3 Å². The van der Waals surface area contributed by atoms with Crippen molar-refractivity contribution in [3.8, 4) is 0 Å². The van der Waals surface area contributed by atoms with E-state index in [-0.39, 0.29) is 5.91 Å².